The summed E-state index contributed by atoms with van der Waals surface area (Å²) in [5.74, 6) is 1.13. The first-order valence-electron chi connectivity index (χ1n) is 9.66. The van der Waals surface area contributed by atoms with E-state index in [0.717, 1.165) is 23.1 Å². The monoisotopic (exact) mass is 453 g/mol. The maximum absolute atomic E-state index is 12.8. The zero-order chi connectivity index (χ0) is 20.5. The molecule has 1 N–H and O–H groups in total. The fourth-order valence-electron chi connectivity index (χ4n) is 2.78. The minimum absolute atomic E-state index is 0.219. The van der Waals surface area contributed by atoms with Crippen LogP contribution in [0.2, 0.25) is 0 Å². The third-order valence-corrected chi connectivity index (χ3v) is 4.76. The van der Waals surface area contributed by atoms with E-state index in [1.807, 2.05) is 54.6 Å². The summed E-state index contributed by atoms with van der Waals surface area (Å²) in [7, 11) is 0. The maximum atomic E-state index is 12.8. The van der Waals surface area contributed by atoms with E-state index in [-0.39, 0.29) is 5.91 Å². The van der Waals surface area contributed by atoms with Crippen LogP contribution in [0.3, 0.4) is 0 Å². The molecule has 0 saturated heterocycles. The second-order valence-corrected chi connectivity index (χ2v) is 7.47. The lowest BCUT2D eigenvalue weighted by Crippen LogP contribution is -2.14. The Morgan fingerprint density at radius 1 is 0.931 bits per heavy atom. The largest absolute Gasteiger partial charge is 0.494 e. The van der Waals surface area contributed by atoms with Crippen LogP contribution in [0.5, 0.6) is 11.5 Å². The Morgan fingerprint density at radius 3 is 2.41 bits per heavy atom. The van der Waals surface area contributed by atoms with Crippen LogP contribution in [0.4, 0.5) is 5.69 Å². The van der Waals surface area contributed by atoms with E-state index in [0.29, 0.717) is 30.2 Å². The van der Waals surface area contributed by atoms with Gasteiger partial charge in [-0.3, -0.25) is 4.79 Å². The molecule has 0 atom stereocenters. The van der Waals surface area contributed by atoms with Crippen LogP contribution in [0.15, 0.2) is 77.3 Å². The lowest BCUT2D eigenvalue weighted by Gasteiger charge is -2.13. The molecule has 150 valence electrons. The topological polar surface area (TPSA) is 47.6 Å². The van der Waals surface area contributed by atoms with E-state index in [1.165, 1.54) is 5.56 Å². The first kappa shape index (κ1) is 20.9. The van der Waals surface area contributed by atoms with Gasteiger partial charge in [0, 0.05) is 16.6 Å². The van der Waals surface area contributed by atoms with Crippen LogP contribution in [0, 0.1) is 0 Å². The lowest BCUT2D eigenvalue weighted by molar-refractivity contribution is 0.102. The second-order valence-electron chi connectivity index (χ2n) is 6.55. The highest BCUT2D eigenvalue weighted by atomic mass is 79.9. The molecule has 3 rings (SSSR count). The molecule has 0 bridgehead atoms. The number of hydrogen-bond donors (Lipinski definition) is 1. The minimum atomic E-state index is -0.219. The van der Waals surface area contributed by atoms with Crippen molar-refractivity contribution in [3.63, 3.8) is 0 Å². The first-order chi connectivity index (χ1) is 14.2. The average Bonchev–Trinajstić information content (AvgIpc) is 2.75. The highest BCUT2D eigenvalue weighted by Gasteiger charge is 2.14. The normalized spacial score (nSPS) is 10.4. The molecule has 0 spiro atoms. The molecule has 0 fully saturated rings. The average molecular weight is 454 g/mol. The molecule has 3 aromatic rings. The van der Waals surface area contributed by atoms with Crippen molar-refractivity contribution in [3.8, 4) is 11.5 Å². The van der Waals surface area contributed by atoms with Crippen molar-refractivity contribution in [3.05, 3.63) is 88.4 Å². The molecular formula is C24H24BrNO3. The standard InChI is InChI=1S/C24H24BrNO3/c1-2-15-28-21-11-9-20(10-12-21)26-24(27)22-17-19(25)8-13-23(22)29-16-14-18-6-4-3-5-7-18/h3-13,17H,2,14-16H2,1H3,(H,26,27). The Labute approximate surface area is 180 Å². The van der Waals surface area contributed by atoms with Gasteiger partial charge in [-0.15, -0.1) is 0 Å². The van der Waals surface area contributed by atoms with Gasteiger partial charge >= 0.3 is 0 Å². The molecule has 3 aromatic carbocycles. The summed E-state index contributed by atoms with van der Waals surface area (Å²) in [5.41, 5.74) is 2.38. The SMILES string of the molecule is CCCOc1ccc(NC(=O)c2cc(Br)ccc2OCCc2ccccc2)cc1. The van der Waals surface area contributed by atoms with Crippen molar-refractivity contribution in [1.29, 1.82) is 0 Å². The summed E-state index contributed by atoms with van der Waals surface area (Å²) in [6.07, 6.45) is 1.73. The molecule has 0 aliphatic rings. The number of rotatable bonds is 9. The van der Waals surface area contributed by atoms with Gasteiger partial charge in [-0.05, 0) is 54.4 Å². The van der Waals surface area contributed by atoms with Crippen molar-refractivity contribution in [2.45, 2.75) is 19.8 Å². The smallest absolute Gasteiger partial charge is 0.259 e. The number of benzene rings is 3. The molecule has 0 unspecified atom stereocenters. The van der Waals surface area contributed by atoms with Crippen molar-refractivity contribution in [2.24, 2.45) is 0 Å². The highest BCUT2D eigenvalue weighted by molar-refractivity contribution is 9.10. The van der Waals surface area contributed by atoms with Crippen LogP contribution < -0.4 is 14.8 Å². The van der Waals surface area contributed by atoms with Crippen LogP contribution in [0.1, 0.15) is 29.3 Å². The molecule has 0 aliphatic carbocycles. The molecule has 29 heavy (non-hydrogen) atoms. The van der Waals surface area contributed by atoms with Gasteiger partial charge in [-0.25, -0.2) is 0 Å². The Kier molecular flexibility index (Phi) is 7.70. The van der Waals surface area contributed by atoms with Crippen LogP contribution in [-0.4, -0.2) is 19.1 Å². The Morgan fingerprint density at radius 2 is 1.69 bits per heavy atom. The second kappa shape index (κ2) is 10.7. The molecule has 4 nitrogen and oxygen atoms in total. The fraction of sp³-hybridized carbons (Fsp3) is 0.208. The Balaban J connectivity index is 1.65. The van der Waals surface area contributed by atoms with Crippen LogP contribution >= 0.6 is 15.9 Å². The number of carbonyl (C=O) groups is 1. The molecule has 1 amide bonds. The zero-order valence-electron chi connectivity index (χ0n) is 16.4. The summed E-state index contributed by atoms with van der Waals surface area (Å²) < 4.78 is 12.3. The number of carbonyl (C=O) groups excluding carboxylic acids is 1. The summed E-state index contributed by atoms with van der Waals surface area (Å²) >= 11 is 3.44. The van der Waals surface area contributed by atoms with Crippen molar-refractivity contribution >= 4 is 27.5 Å². The van der Waals surface area contributed by atoms with Gasteiger partial charge in [-0.2, -0.15) is 0 Å². The number of anilines is 1. The maximum Gasteiger partial charge on any atom is 0.259 e. The Bertz CT molecular complexity index is 927. The molecule has 0 heterocycles. The molecule has 0 aliphatic heterocycles. The van der Waals surface area contributed by atoms with Gasteiger partial charge in [0.15, 0.2) is 0 Å². The van der Waals surface area contributed by atoms with Gasteiger partial charge in [0.25, 0.3) is 5.91 Å². The van der Waals surface area contributed by atoms with Crippen molar-refractivity contribution in [2.75, 3.05) is 18.5 Å². The first-order valence-corrected chi connectivity index (χ1v) is 10.5. The Hall–Kier alpha value is -2.79. The van der Waals surface area contributed by atoms with Crippen LogP contribution in [0.25, 0.3) is 0 Å². The predicted octanol–water partition coefficient (Wildman–Crippen LogP) is 6.11. The van der Waals surface area contributed by atoms with Crippen LogP contribution in [-0.2, 0) is 6.42 Å². The lowest BCUT2D eigenvalue weighted by atomic mass is 10.1. The summed E-state index contributed by atoms with van der Waals surface area (Å²) in [6.45, 7) is 3.23. The quantitative estimate of drug-likeness (QED) is 0.424. The molecular weight excluding hydrogens is 430 g/mol. The molecule has 0 aromatic heterocycles. The van der Waals surface area contributed by atoms with E-state index in [1.54, 1.807) is 6.07 Å². The number of nitrogens with one attached hydrogen (secondary N) is 1. The number of ether oxygens (including phenoxy) is 2. The van der Waals surface area contributed by atoms with Gasteiger partial charge in [0.1, 0.15) is 11.5 Å². The summed E-state index contributed by atoms with van der Waals surface area (Å²) in [6, 6.07) is 22.9. The number of amides is 1. The molecule has 5 heteroatoms. The van der Waals surface area contributed by atoms with E-state index in [4.69, 9.17) is 9.47 Å². The van der Waals surface area contributed by atoms with Gasteiger partial charge < -0.3 is 14.8 Å². The summed E-state index contributed by atoms with van der Waals surface area (Å²) in [4.78, 5) is 12.8. The molecule has 0 saturated carbocycles. The fourth-order valence-corrected chi connectivity index (χ4v) is 3.14. The highest BCUT2D eigenvalue weighted by Crippen LogP contribution is 2.25. The van der Waals surface area contributed by atoms with E-state index in [9.17, 15) is 4.79 Å². The van der Waals surface area contributed by atoms with Gasteiger partial charge in [0.05, 0.1) is 18.8 Å². The van der Waals surface area contributed by atoms with Crippen molar-refractivity contribution in [1.82, 2.24) is 0 Å². The minimum Gasteiger partial charge on any atom is -0.494 e. The van der Waals surface area contributed by atoms with E-state index >= 15 is 0 Å². The molecule has 0 radical (unpaired) electrons. The van der Waals surface area contributed by atoms with Gasteiger partial charge in [-0.1, -0.05) is 53.2 Å². The summed E-state index contributed by atoms with van der Waals surface area (Å²) in [5, 5.41) is 2.92. The third-order valence-electron chi connectivity index (χ3n) is 4.26. The third kappa shape index (κ3) is 6.36. The van der Waals surface area contributed by atoms with Crippen molar-refractivity contribution < 1.29 is 14.3 Å². The van der Waals surface area contributed by atoms with E-state index < -0.39 is 0 Å². The zero-order valence-corrected chi connectivity index (χ0v) is 17.9. The number of hydrogen-bond acceptors (Lipinski definition) is 3. The predicted molar refractivity (Wildman–Crippen MR) is 120 cm³/mol. The van der Waals surface area contributed by atoms with E-state index in [2.05, 4.69) is 40.3 Å². The number of halogens is 1. The van der Waals surface area contributed by atoms with Gasteiger partial charge in [0.2, 0.25) is 0 Å².